The zero-order valence-corrected chi connectivity index (χ0v) is 23.6. The molecule has 0 atom stereocenters. The van der Waals surface area contributed by atoms with Gasteiger partial charge < -0.3 is 10.2 Å². The number of nitrogens with zero attached hydrogens (tertiary/aromatic N) is 2. The third-order valence-corrected chi connectivity index (χ3v) is 7.20. The number of benzene rings is 5. The van der Waals surface area contributed by atoms with Gasteiger partial charge >= 0.3 is 0 Å². The Labute approximate surface area is 233 Å². The molecule has 2 aliphatic rings. The van der Waals surface area contributed by atoms with E-state index in [0.29, 0.717) is 0 Å². The molecule has 0 N–H and O–H groups in total. The molecule has 2 nitrogen and oxygen atoms in total. The predicted molar refractivity (Wildman–Crippen MR) is 144 cm³/mol. The number of hydrogen-bond acceptors (Lipinski definition) is 1. The fraction of sp³-hybridized carbons (Fsp3) is 0.188. The predicted octanol–water partition coefficient (Wildman–Crippen LogP) is 7.15. The van der Waals surface area contributed by atoms with Gasteiger partial charge in [0.1, 0.15) is 0 Å². The maximum Gasteiger partial charge on any atom is 0.0281 e. The van der Waals surface area contributed by atoms with E-state index in [1.54, 1.807) is 14.1 Å². The second kappa shape index (κ2) is 9.26. The molecule has 0 saturated heterocycles. The molecule has 0 fully saturated rings. The topological polar surface area (TPSA) is 17.3 Å². The van der Waals surface area contributed by atoms with Crippen LogP contribution < -0.4 is 0 Å². The summed E-state index contributed by atoms with van der Waals surface area (Å²) in [5, 5.41) is 8.93. The molecule has 0 unspecified atom stereocenters. The Balaban J connectivity index is 0.000000605. The van der Waals surface area contributed by atoms with Crippen LogP contribution in [0.5, 0.6) is 0 Å². The first-order chi connectivity index (χ1) is 16.6. The van der Waals surface area contributed by atoms with Crippen molar-refractivity contribution < 1.29 is 32.7 Å². The van der Waals surface area contributed by atoms with Crippen LogP contribution in [-0.2, 0) is 44.7 Å². The van der Waals surface area contributed by atoms with Crippen molar-refractivity contribution in [3.05, 3.63) is 124 Å². The van der Waals surface area contributed by atoms with E-state index in [1.807, 2.05) is 0 Å². The zero-order valence-electron chi connectivity index (χ0n) is 20.8. The summed E-state index contributed by atoms with van der Waals surface area (Å²) >= 11 is 0. The monoisotopic (exact) mass is 529 g/mol. The van der Waals surface area contributed by atoms with E-state index in [-0.39, 0.29) is 38.1 Å². The molecule has 0 aliphatic heterocycles. The number of hydrogen-bond donors (Lipinski definition) is 0. The first kappa shape index (κ1) is 24.3. The van der Waals surface area contributed by atoms with Gasteiger partial charge in [-0.1, -0.05) is 60.7 Å². The molecule has 2 aliphatic carbocycles. The second-order valence-corrected chi connectivity index (χ2v) is 9.67. The maximum atomic E-state index is 3.50. The summed E-state index contributed by atoms with van der Waals surface area (Å²) in [5.74, 6) is 0. The van der Waals surface area contributed by atoms with Crippen molar-refractivity contribution in [2.75, 3.05) is 28.2 Å². The normalized spacial score (nSPS) is 13.6. The van der Waals surface area contributed by atoms with Gasteiger partial charge in [0.15, 0.2) is 0 Å². The number of fused-ring (bicyclic) bond motifs is 7. The minimum absolute atomic E-state index is 0. The van der Waals surface area contributed by atoms with Crippen LogP contribution in [0, 0.1) is 6.07 Å². The Kier molecular flexibility index (Phi) is 6.44. The zero-order chi connectivity index (χ0) is 23.4. The van der Waals surface area contributed by atoms with Crippen LogP contribution in [0.3, 0.4) is 0 Å². The smallest absolute Gasteiger partial charge is 0.0281 e. The Bertz CT molecular complexity index is 1520. The molecule has 0 aromatic heterocycles. The van der Waals surface area contributed by atoms with E-state index >= 15 is 0 Å². The molecular weight excluding hydrogens is 501 g/mol. The van der Waals surface area contributed by atoms with Gasteiger partial charge in [-0.15, -0.1) is 22.4 Å². The third-order valence-electron chi connectivity index (χ3n) is 7.20. The minimum Gasteiger partial charge on any atom is -0.668 e. The summed E-state index contributed by atoms with van der Waals surface area (Å²) in [5.41, 5.74) is 9.42. The van der Waals surface area contributed by atoms with Crippen LogP contribution >= 0.6 is 0 Å². The Morgan fingerprint density at radius 1 is 0.714 bits per heavy atom. The Morgan fingerprint density at radius 3 is 1.91 bits per heavy atom. The van der Waals surface area contributed by atoms with E-state index in [2.05, 4.69) is 115 Å². The van der Waals surface area contributed by atoms with Gasteiger partial charge in [0, 0.05) is 44.7 Å². The van der Waals surface area contributed by atoms with Crippen molar-refractivity contribution in [2.24, 2.45) is 0 Å². The van der Waals surface area contributed by atoms with Gasteiger partial charge in [0.2, 0.25) is 0 Å². The largest absolute Gasteiger partial charge is 0.668 e. The van der Waals surface area contributed by atoms with Gasteiger partial charge in [0.05, 0.1) is 0 Å². The summed E-state index contributed by atoms with van der Waals surface area (Å²) in [4.78, 5) is 2.26. The van der Waals surface area contributed by atoms with Crippen LogP contribution in [0.1, 0.15) is 27.8 Å². The van der Waals surface area contributed by atoms with Crippen molar-refractivity contribution in [3.63, 3.8) is 0 Å². The van der Waals surface area contributed by atoms with Crippen LogP contribution in [0.2, 0.25) is 0 Å². The summed E-state index contributed by atoms with van der Waals surface area (Å²) < 4.78 is 0. The molecule has 0 heterocycles. The Hall–Kier alpha value is -2.36. The molecule has 5 aromatic carbocycles. The molecule has 3 heteroatoms. The maximum absolute atomic E-state index is 3.50. The van der Waals surface area contributed by atoms with Gasteiger partial charge in [-0.2, -0.15) is 32.3 Å². The van der Waals surface area contributed by atoms with Crippen molar-refractivity contribution in [1.82, 2.24) is 4.90 Å². The SMILES string of the molecule is CN(C)Cc1cc2c3c(ccc4c[c-]cc(c43)C23c2ccccc2-c2ccccc23)c1.C[N-]C.[Y]. The molecule has 0 bridgehead atoms. The van der Waals surface area contributed by atoms with E-state index < -0.39 is 0 Å². The fourth-order valence-electron chi connectivity index (χ4n) is 6.25. The van der Waals surface area contributed by atoms with E-state index in [9.17, 15) is 0 Å². The minimum atomic E-state index is -0.270. The summed E-state index contributed by atoms with van der Waals surface area (Å²) in [6.45, 7) is 0.933. The first-order valence-corrected chi connectivity index (χ1v) is 11.8. The molecule has 1 radical (unpaired) electrons. The Morgan fingerprint density at radius 2 is 1.29 bits per heavy atom. The van der Waals surface area contributed by atoms with Crippen molar-refractivity contribution in [1.29, 1.82) is 0 Å². The summed E-state index contributed by atoms with van der Waals surface area (Å²) in [6, 6.07) is 35.3. The molecule has 0 saturated carbocycles. The van der Waals surface area contributed by atoms with Crippen LogP contribution in [0.4, 0.5) is 0 Å². The molecule has 35 heavy (non-hydrogen) atoms. The van der Waals surface area contributed by atoms with E-state index in [4.69, 9.17) is 0 Å². The first-order valence-electron chi connectivity index (χ1n) is 11.8. The molecule has 1 spiro atoms. The van der Waals surface area contributed by atoms with Crippen LogP contribution in [0.15, 0.2) is 84.9 Å². The van der Waals surface area contributed by atoms with Gasteiger partial charge in [-0.3, -0.25) is 0 Å². The molecule has 171 valence electrons. The molecule has 7 rings (SSSR count). The quantitative estimate of drug-likeness (QED) is 0.172. The third kappa shape index (κ3) is 3.38. The van der Waals surface area contributed by atoms with E-state index in [1.165, 1.54) is 60.5 Å². The van der Waals surface area contributed by atoms with Crippen molar-refractivity contribution in [2.45, 2.75) is 12.0 Å². The second-order valence-electron chi connectivity index (χ2n) is 9.67. The van der Waals surface area contributed by atoms with Gasteiger partial charge in [-0.05, 0) is 64.3 Å². The average Bonchev–Trinajstić information content (AvgIpc) is 3.31. The van der Waals surface area contributed by atoms with Gasteiger partial charge in [0.25, 0.3) is 0 Å². The standard InChI is InChI=1S/C30H22N.C2H6N.Y/c1-31(2)18-19-16-21-15-14-20-8-7-13-26-28(20)29(21)27(17-19)30(26)24-11-5-3-9-22(24)23-10-4-6-12-25(23)30;1-3-2;/h3-6,8-17H,18H2,1-2H3;1-2H3;/q2*-1;. The van der Waals surface area contributed by atoms with Crippen LogP contribution in [-0.4, -0.2) is 33.1 Å². The van der Waals surface area contributed by atoms with Gasteiger partial charge in [-0.25, -0.2) is 0 Å². The fourth-order valence-corrected chi connectivity index (χ4v) is 6.25. The summed E-state index contributed by atoms with van der Waals surface area (Å²) in [7, 11) is 7.79. The molecule has 5 aromatic rings. The molecule has 0 amide bonds. The van der Waals surface area contributed by atoms with Crippen LogP contribution in [0.25, 0.3) is 38.0 Å². The number of rotatable bonds is 2. The van der Waals surface area contributed by atoms with Crippen molar-refractivity contribution >= 4 is 21.5 Å². The van der Waals surface area contributed by atoms with Crippen molar-refractivity contribution in [3.8, 4) is 11.1 Å². The summed E-state index contributed by atoms with van der Waals surface area (Å²) in [6.07, 6.45) is 0. The van der Waals surface area contributed by atoms with E-state index in [0.717, 1.165) is 6.54 Å². The average molecular weight is 529 g/mol. The molecular formula is C32H28N2Y-2.